The molecule has 1 fully saturated rings. The molecule has 0 saturated carbocycles. The highest BCUT2D eigenvalue weighted by molar-refractivity contribution is 5.68. The predicted molar refractivity (Wildman–Crippen MR) is 102 cm³/mol. The van der Waals surface area contributed by atoms with Crippen LogP contribution in [0.3, 0.4) is 0 Å². The van der Waals surface area contributed by atoms with Crippen LogP contribution in [0.15, 0.2) is 12.1 Å². The van der Waals surface area contributed by atoms with Crippen molar-refractivity contribution >= 4 is 11.8 Å². The number of ether oxygens (including phenoxy) is 3. The van der Waals surface area contributed by atoms with Crippen LogP contribution in [-0.2, 0) is 11.2 Å². The van der Waals surface area contributed by atoms with Crippen molar-refractivity contribution in [2.75, 3.05) is 13.1 Å². The fourth-order valence-corrected chi connectivity index (χ4v) is 3.42. The van der Waals surface area contributed by atoms with Crippen molar-refractivity contribution in [1.29, 1.82) is 0 Å². The molecule has 0 aromatic heterocycles. The number of carbonyl (C=O) groups excluding carboxylic acids is 1. The van der Waals surface area contributed by atoms with E-state index in [4.69, 9.17) is 19.9 Å². The third-order valence-electron chi connectivity index (χ3n) is 4.58. The van der Waals surface area contributed by atoms with E-state index < -0.39 is 34.4 Å². The average Bonchev–Trinajstić information content (AvgIpc) is 3.03. The van der Waals surface area contributed by atoms with Crippen LogP contribution in [0.1, 0.15) is 40.2 Å². The Morgan fingerprint density at radius 2 is 2.04 bits per heavy atom. The van der Waals surface area contributed by atoms with E-state index >= 15 is 0 Å². The highest BCUT2D eigenvalue weighted by Gasteiger charge is 2.39. The van der Waals surface area contributed by atoms with Gasteiger partial charge in [0.1, 0.15) is 23.1 Å². The van der Waals surface area contributed by atoms with Gasteiger partial charge in [0.05, 0.1) is 17.5 Å². The smallest absolute Gasteiger partial charge is 0.410 e. The normalized spacial score (nSPS) is 23.1. The van der Waals surface area contributed by atoms with Gasteiger partial charge in [-0.3, -0.25) is 10.1 Å². The van der Waals surface area contributed by atoms with Gasteiger partial charge < -0.3 is 24.8 Å². The van der Waals surface area contributed by atoms with Gasteiger partial charge in [-0.1, -0.05) is 0 Å². The van der Waals surface area contributed by atoms with Gasteiger partial charge in [0, 0.05) is 30.7 Å². The molecule has 1 aromatic carbocycles. The molecule has 9 nitrogen and oxygen atoms in total. The monoisotopic (exact) mass is 393 g/mol. The Morgan fingerprint density at radius 3 is 2.64 bits per heavy atom. The van der Waals surface area contributed by atoms with Crippen molar-refractivity contribution in [2.24, 2.45) is 5.73 Å². The number of benzene rings is 1. The fourth-order valence-electron chi connectivity index (χ4n) is 3.42. The minimum Gasteiger partial charge on any atom is -0.487 e. The highest BCUT2D eigenvalue weighted by atomic mass is 16.6. The summed E-state index contributed by atoms with van der Waals surface area (Å²) in [6.07, 6.45) is -0.486. The number of hydrogen-bond donors (Lipinski definition) is 1. The molecule has 1 aromatic rings. The molecule has 2 aliphatic rings. The number of nitro benzene ring substituents is 1. The second kappa shape index (κ2) is 6.80. The Morgan fingerprint density at radius 1 is 1.36 bits per heavy atom. The second-order valence-corrected chi connectivity index (χ2v) is 8.93. The van der Waals surface area contributed by atoms with Crippen LogP contribution in [0, 0.1) is 10.1 Å². The molecule has 0 radical (unpaired) electrons. The summed E-state index contributed by atoms with van der Waals surface area (Å²) in [6, 6.07) is 2.55. The second-order valence-electron chi connectivity index (χ2n) is 8.93. The number of carbonyl (C=O) groups is 1. The molecule has 154 valence electrons. The van der Waals surface area contributed by atoms with Crippen LogP contribution in [0.4, 0.5) is 10.5 Å². The summed E-state index contributed by atoms with van der Waals surface area (Å²) in [5.41, 5.74) is 5.72. The molecule has 1 saturated heterocycles. The quantitative estimate of drug-likeness (QED) is 0.619. The minimum atomic E-state index is -0.622. The van der Waals surface area contributed by atoms with E-state index in [1.807, 2.05) is 13.8 Å². The Labute approximate surface area is 163 Å². The van der Waals surface area contributed by atoms with Gasteiger partial charge in [0.2, 0.25) is 5.75 Å². The summed E-state index contributed by atoms with van der Waals surface area (Å²) in [5.74, 6) is 0.661. The molecule has 0 spiro atoms. The Balaban J connectivity index is 1.78. The SMILES string of the molecule is CC(C)(C)OC(=O)N1C[C@@H](N)[C@H](Oc2cc3c(cc2[N+](=O)[O-])CC(C)(C)O3)C1. The van der Waals surface area contributed by atoms with Crippen LogP contribution in [-0.4, -0.2) is 52.4 Å². The van der Waals surface area contributed by atoms with Crippen LogP contribution < -0.4 is 15.2 Å². The lowest BCUT2D eigenvalue weighted by atomic mass is 10.0. The van der Waals surface area contributed by atoms with E-state index in [1.54, 1.807) is 26.8 Å². The third kappa shape index (κ3) is 4.30. The van der Waals surface area contributed by atoms with Gasteiger partial charge in [-0.15, -0.1) is 0 Å². The fraction of sp³-hybridized carbons (Fsp3) is 0.632. The molecular weight excluding hydrogens is 366 g/mol. The first kappa shape index (κ1) is 20.2. The number of nitrogens with zero attached hydrogens (tertiary/aromatic N) is 2. The van der Waals surface area contributed by atoms with E-state index in [0.717, 1.165) is 5.56 Å². The zero-order valence-corrected chi connectivity index (χ0v) is 16.9. The number of nitrogens with two attached hydrogens (primary N) is 1. The number of fused-ring (bicyclic) bond motifs is 1. The molecular formula is C19H27N3O6. The van der Waals surface area contributed by atoms with Crippen molar-refractivity contribution in [3.8, 4) is 11.5 Å². The van der Waals surface area contributed by atoms with Crippen molar-refractivity contribution in [2.45, 2.75) is 64.4 Å². The summed E-state index contributed by atoms with van der Waals surface area (Å²) in [6.45, 7) is 9.63. The highest BCUT2D eigenvalue weighted by Crippen LogP contribution is 2.42. The molecule has 0 bridgehead atoms. The van der Waals surface area contributed by atoms with E-state index in [9.17, 15) is 14.9 Å². The lowest BCUT2D eigenvalue weighted by Crippen LogP contribution is -2.37. The number of rotatable bonds is 3. The van der Waals surface area contributed by atoms with Crippen molar-refractivity contribution < 1.29 is 23.9 Å². The molecule has 2 heterocycles. The topological polar surface area (TPSA) is 117 Å². The summed E-state index contributed by atoms with van der Waals surface area (Å²) in [4.78, 5) is 24.8. The maximum atomic E-state index is 12.3. The van der Waals surface area contributed by atoms with Gasteiger partial charge >= 0.3 is 11.8 Å². The first-order valence-electron chi connectivity index (χ1n) is 9.25. The number of likely N-dealkylation sites (tertiary alicyclic amines) is 1. The van der Waals surface area contributed by atoms with Crippen LogP contribution in [0.25, 0.3) is 0 Å². The molecule has 28 heavy (non-hydrogen) atoms. The van der Waals surface area contributed by atoms with Gasteiger partial charge in [0.25, 0.3) is 0 Å². The third-order valence-corrected chi connectivity index (χ3v) is 4.58. The molecule has 0 unspecified atom stereocenters. The van der Waals surface area contributed by atoms with Gasteiger partial charge in [0.15, 0.2) is 0 Å². The molecule has 2 atom stereocenters. The Hall–Kier alpha value is -2.55. The van der Waals surface area contributed by atoms with Crippen LogP contribution >= 0.6 is 0 Å². The van der Waals surface area contributed by atoms with Gasteiger partial charge in [-0.25, -0.2) is 4.79 Å². The van der Waals surface area contributed by atoms with Crippen molar-refractivity contribution in [3.63, 3.8) is 0 Å². The van der Waals surface area contributed by atoms with E-state index in [-0.39, 0.29) is 24.5 Å². The molecule has 1 amide bonds. The molecule has 3 rings (SSSR count). The average molecular weight is 393 g/mol. The number of amides is 1. The summed E-state index contributed by atoms with van der Waals surface area (Å²) >= 11 is 0. The van der Waals surface area contributed by atoms with Crippen molar-refractivity contribution in [1.82, 2.24) is 4.90 Å². The largest absolute Gasteiger partial charge is 0.487 e. The summed E-state index contributed by atoms with van der Waals surface area (Å²) < 4.78 is 17.1. The minimum absolute atomic E-state index is 0.0907. The molecule has 2 aliphatic heterocycles. The van der Waals surface area contributed by atoms with E-state index in [0.29, 0.717) is 12.2 Å². The standard InChI is InChI=1S/C19H27N3O6/c1-18(2,3)28-17(23)21-9-12(20)16(10-21)26-15-7-14-11(6-13(15)22(24)25)8-19(4,5)27-14/h6-7,12,16H,8-10,20H2,1-5H3/t12-,16-/m1/s1. The maximum absolute atomic E-state index is 12.3. The lowest BCUT2D eigenvalue weighted by Gasteiger charge is -2.24. The summed E-state index contributed by atoms with van der Waals surface area (Å²) in [5, 5.41) is 11.5. The first-order valence-corrected chi connectivity index (χ1v) is 9.25. The van der Waals surface area contributed by atoms with Gasteiger partial charge in [-0.05, 0) is 34.6 Å². The van der Waals surface area contributed by atoms with Gasteiger partial charge in [-0.2, -0.15) is 0 Å². The van der Waals surface area contributed by atoms with E-state index in [1.165, 1.54) is 11.0 Å². The number of hydrogen-bond acceptors (Lipinski definition) is 7. The first-order chi connectivity index (χ1) is 12.8. The Kier molecular flexibility index (Phi) is 4.91. The zero-order chi connectivity index (χ0) is 20.9. The number of nitro groups is 1. The van der Waals surface area contributed by atoms with Crippen LogP contribution in [0.5, 0.6) is 11.5 Å². The molecule has 2 N–H and O–H groups in total. The van der Waals surface area contributed by atoms with Crippen molar-refractivity contribution in [3.05, 3.63) is 27.8 Å². The molecule has 0 aliphatic carbocycles. The van der Waals surface area contributed by atoms with E-state index in [2.05, 4.69) is 0 Å². The predicted octanol–water partition coefficient (Wildman–Crippen LogP) is 2.63. The Bertz CT molecular complexity index is 802. The zero-order valence-electron chi connectivity index (χ0n) is 16.9. The lowest BCUT2D eigenvalue weighted by molar-refractivity contribution is -0.386. The summed E-state index contributed by atoms with van der Waals surface area (Å²) in [7, 11) is 0. The maximum Gasteiger partial charge on any atom is 0.410 e. The van der Waals surface area contributed by atoms with Crippen LogP contribution in [0.2, 0.25) is 0 Å². The molecule has 9 heteroatoms.